The fraction of sp³-hybridized carbons (Fsp3) is 0.125. The summed E-state index contributed by atoms with van der Waals surface area (Å²) in [6.07, 6.45) is 1.24. The molecule has 5 rings (SSSR count). The first-order valence-electron chi connectivity index (χ1n) is 9.88. The monoisotopic (exact) mass is 413 g/mol. The van der Waals surface area contributed by atoms with Crippen molar-refractivity contribution in [2.75, 3.05) is 12.1 Å². The lowest BCUT2D eigenvalue weighted by molar-refractivity contribution is 0.102. The van der Waals surface area contributed by atoms with Gasteiger partial charge in [-0.3, -0.25) is 10.1 Å². The van der Waals surface area contributed by atoms with Gasteiger partial charge < -0.3 is 13.9 Å². The second-order valence-electron chi connectivity index (χ2n) is 7.18. The van der Waals surface area contributed by atoms with E-state index in [4.69, 9.17) is 13.9 Å². The summed E-state index contributed by atoms with van der Waals surface area (Å²) in [5, 5.41) is 10.6. The van der Waals surface area contributed by atoms with Crippen molar-refractivity contribution < 1.29 is 18.7 Å². The summed E-state index contributed by atoms with van der Waals surface area (Å²) >= 11 is 0. The van der Waals surface area contributed by atoms with Crippen molar-refractivity contribution in [3.63, 3.8) is 0 Å². The summed E-state index contributed by atoms with van der Waals surface area (Å²) in [5.41, 5.74) is 3.82. The molecule has 154 valence electrons. The number of rotatable bonds is 6. The lowest BCUT2D eigenvalue weighted by atomic mass is 10.0. The summed E-state index contributed by atoms with van der Waals surface area (Å²) in [5.74, 6) is 1.51. The number of carbonyl (C=O) groups is 1. The first-order valence-corrected chi connectivity index (χ1v) is 9.88. The Hall–Kier alpha value is -4.13. The van der Waals surface area contributed by atoms with Crippen LogP contribution in [0.25, 0.3) is 0 Å². The van der Waals surface area contributed by atoms with Crippen LogP contribution in [0, 0.1) is 0 Å². The van der Waals surface area contributed by atoms with Gasteiger partial charge in [-0.15, -0.1) is 5.10 Å². The smallest absolute Gasteiger partial charge is 0.322 e. The zero-order valence-corrected chi connectivity index (χ0v) is 16.6. The zero-order valence-electron chi connectivity index (χ0n) is 16.6. The molecule has 0 saturated carbocycles. The molecular formula is C24H19N3O4. The SMILES string of the molecule is O=C(Nc1nnc(Cc2ccc3c(c2)OCO3)o1)c1ccc(Cc2ccccc2)cc1. The molecule has 1 N–H and O–H groups in total. The number of nitrogens with zero attached hydrogens (tertiary/aromatic N) is 2. The van der Waals surface area contributed by atoms with Crippen LogP contribution in [0.3, 0.4) is 0 Å². The molecule has 0 unspecified atom stereocenters. The van der Waals surface area contributed by atoms with E-state index in [0.717, 1.165) is 23.3 Å². The van der Waals surface area contributed by atoms with Gasteiger partial charge in [0.25, 0.3) is 5.91 Å². The van der Waals surface area contributed by atoms with Crippen molar-refractivity contribution in [3.05, 3.63) is 101 Å². The average Bonchev–Trinajstić information content (AvgIpc) is 3.44. The zero-order chi connectivity index (χ0) is 21.0. The lowest BCUT2D eigenvalue weighted by Crippen LogP contribution is -2.12. The summed E-state index contributed by atoms with van der Waals surface area (Å²) in [6, 6.07) is 23.4. The van der Waals surface area contributed by atoms with Gasteiger partial charge in [0, 0.05) is 5.56 Å². The molecule has 1 aromatic heterocycles. The van der Waals surface area contributed by atoms with Crippen LogP contribution >= 0.6 is 0 Å². The molecule has 31 heavy (non-hydrogen) atoms. The van der Waals surface area contributed by atoms with Crippen LogP contribution in [0.15, 0.2) is 77.2 Å². The third-order valence-corrected chi connectivity index (χ3v) is 4.95. The topological polar surface area (TPSA) is 86.5 Å². The Labute approximate surface area is 178 Å². The van der Waals surface area contributed by atoms with Crippen molar-refractivity contribution >= 4 is 11.9 Å². The van der Waals surface area contributed by atoms with Gasteiger partial charge in [0.15, 0.2) is 11.5 Å². The number of anilines is 1. The van der Waals surface area contributed by atoms with Gasteiger partial charge in [0.05, 0.1) is 6.42 Å². The summed E-state index contributed by atoms with van der Waals surface area (Å²) in [6.45, 7) is 0.225. The Bertz CT molecular complexity index is 1200. The highest BCUT2D eigenvalue weighted by Crippen LogP contribution is 2.33. The lowest BCUT2D eigenvalue weighted by Gasteiger charge is -2.04. The van der Waals surface area contributed by atoms with Crippen molar-refractivity contribution in [1.82, 2.24) is 10.2 Å². The molecular weight excluding hydrogens is 394 g/mol. The number of nitrogens with one attached hydrogen (secondary N) is 1. The second kappa shape index (κ2) is 8.31. The van der Waals surface area contributed by atoms with Gasteiger partial charge in [0.2, 0.25) is 12.7 Å². The Kier molecular flexibility index (Phi) is 5.06. The number of fused-ring (bicyclic) bond motifs is 1. The molecule has 1 amide bonds. The molecule has 1 aliphatic heterocycles. The van der Waals surface area contributed by atoms with Gasteiger partial charge in [-0.1, -0.05) is 53.6 Å². The van der Waals surface area contributed by atoms with E-state index in [-0.39, 0.29) is 18.7 Å². The summed E-state index contributed by atoms with van der Waals surface area (Å²) in [7, 11) is 0. The van der Waals surface area contributed by atoms with Crippen LogP contribution in [0.4, 0.5) is 6.01 Å². The van der Waals surface area contributed by atoms with Gasteiger partial charge >= 0.3 is 6.01 Å². The summed E-state index contributed by atoms with van der Waals surface area (Å²) in [4.78, 5) is 12.5. The standard InChI is InChI=1S/C24H19N3O4/c28-23(19-9-6-17(7-10-19)12-16-4-2-1-3-5-16)25-24-27-26-22(31-24)14-18-8-11-20-21(13-18)30-15-29-20/h1-11,13H,12,14-15H2,(H,25,27,28). The minimum absolute atomic E-state index is 0.0640. The number of amides is 1. The molecule has 3 aromatic carbocycles. The molecule has 0 spiro atoms. The van der Waals surface area contributed by atoms with E-state index in [1.165, 1.54) is 5.56 Å². The van der Waals surface area contributed by atoms with Crippen molar-refractivity contribution in [3.8, 4) is 11.5 Å². The van der Waals surface area contributed by atoms with E-state index in [2.05, 4.69) is 27.6 Å². The molecule has 0 fully saturated rings. The number of carbonyl (C=O) groups excluding carboxylic acids is 1. The molecule has 7 nitrogen and oxygen atoms in total. The Morgan fingerprint density at radius 2 is 1.55 bits per heavy atom. The molecule has 0 atom stereocenters. The number of hydrogen-bond acceptors (Lipinski definition) is 6. The second-order valence-corrected chi connectivity index (χ2v) is 7.18. The van der Waals surface area contributed by atoms with Gasteiger partial charge in [-0.25, -0.2) is 0 Å². The maximum absolute atomic E-state index is 12.5. The van der Waals surface area contributed by atoms with Crippen LogP contribution in [0.1, 0.15) is 32.9 Å². The third-order valence-electron chi connectivity index (χ3n) is 4.95. The maximum atomic E-state index is 12.5. The highest BCUT2D eigenvalue weighted by molar-refractivity contribution is 6.03. The van der Waals surface area contributed by atoms with Gasteiger partial charge in [-0.2, -0.15) is 0 Å². The summed E-state index contributed by atoms with van der Waals surface area (Å²) < 4.78 is 16.3. The fourth-order valence-electron chi connectivity index (χ4n) is 3.38. The Balaban J connectivity index is 1.20. The minimum atomic E-state index is -0.301. The van der Waals surface area contributed by atoms with E-state index >= 15 is 0 Å². The molecule has 7 heteroatoms. The van der Waals surface area contributed by atoms with E-state index in [1.54, 1.807) is 12.1 Å². The molecule has 1 aliphatic rings. The largest absolute Gasteiger partial charge is 0.454 e. The maximum Gasteiger partial charge on any atom is 0.322 e. The van der Waals surface area contributed by atoms with E-state index < -0.39 is 0 Å². The van der Waals surface area contributed by atoms with Gasteiger partial charge in [-0.05, 0) is 47.4 Å². The van der Waals surface area contributed by atoms with Crippen molar-refractivity contribution in [1.29, 1.82) is 0 Å². The van der Waals surface area contributed by atoms with Crippen LogP contribution in [-0.2, 0) is 12.8 Å². The quantitative estimate of drug-likeness (QED) is 0.509. The number of ether oxygens (including phenoxy) is 2. The molecule has 0 saturated heterocycles. The molecule has 0 bridgehead atoms. The van der Waals surface area contributed by atoms with Crippen molar-refractivity contribution in [2.24, 2.45) is 0 Å². The molecule has 4 aromatic rings. The normalized spacial score (nSPS) is 12.0. The minimum Gasteiger partial charge on any atom is -0.454 e. The van der Waals surface area contributed by atoms with E-state index in [1.807, 2.05) is 48.5 Å². The van der Waals surface area contributed by atoms with Crippen molar-refractivity contribution in [2.45, 2.75) is 12.8 Å². The predicted octanol–water partition coefficient (Wildman–Crippen LogP) is 4.23. The highest BCUT2D eigenvalue weighted by atomic mass is 16.7. The fourth-order valence-corrected chi connectivity index (χ4v) is 3.38. The van der Waals surface area contributed by atoms with E-state index in [0.29, 0.717) is 23.6 Å². The first-order chi connectivity index (χ1) is 15.2. The average molecular weight is 413 g/mol. The predicted molar refractivity (Wildman–Crippen MR) is 113 cm³/mol. The van der Waals surface area contributed by atoms with E-state index in [9.17, 15) is 4.79 Å². The Morgan fingerprint density at radius 3 is 2.39 bits per heavy atom. The van der Waals surface area contributed by atoms with Crippen LogP contribution in [0.5, 0.6) is 11.5 Å². The molecule has 2 heterocycles. The number of aromatic nitrogens is 2. The third kappa shape index (κ3) is 4.40. The number of hydrogen-bond donors (Lipinski definition) is 1. The first kappa shape index (κ1) is 18.9. The molecule has 0 radical (unpaired) electrons. The van der Waals surface area contributed by atoms with Crippen LogP contribution < -0.4 is 14.8 Å². The molecule has 0 aliphatic carbocycles. The van der Waals surface area contributed by atoms with Gasteiger partial charge in [0.1, 0.15) is 0 Å². The Morgan fingerprint density at radius 1 is 0.806 bits per heavy atom. The van der Waals surface area contributed by atoms with Crippen LogP contribution in [0.2, 0.25) is 0 Å². The van der Waals surface area contributed by atoms with Crippen LogP contribution in [-0.4, -0.2) is 22.9 Å². The highest BCUT2D eigenvalue weighted by Gasteiger charge is 2.16. The number of benzene rings is 3.